The highest BCUT2D eigenvalue weighted by Crippen LogP contribution is 2.10. The van der Waals surface area contributed by atoms with Crippen LogP contribution in [0.25, 0.3) is 0 Å². The lowest BCUT2D eigenvalue weighted by Crippen LogP contribution is -2.46. The van der Waals surface area contributed by atoms with Gasteiger partial charge in [-0.2, -0.15) is 0 Å². The fourth-order valence-corrected chi connectivity index (χ4v) is 2.00. The summed E-state index contributed by atoms with van der Waals surface area (Å²) in [6.07, 6.45) is 0. The van der Waals surface area contributed by atoms with Gasteiger partial charge in [0.2, 0.25) is 5.91 Å². The summed E-state index contributed by atoms with van der Waals surface area (Å²) >= 11 is 1.38. The second-order valence-corrected chi connectivity index (χ2v) is 5.31. The van der Waals surface area contributed by atoms with Gasteiger partial charge >= 0.3 is 0 Å². The maximum absolute atomic E-state index is 11.8. The smallest absolute Gasteiger partial charge is 0.239 e. The Hall–Kier alpha value is -1.20. The van der Waals surface area contributed by atoms with Crippen LogP contribution in [0, 0.1) is 5.92 Å². The van der Waals surface area contributed by atoms with Crippen molar-refractivity contribution in [2.24, 2.45) is 11.7 Å². The van der Waals surface area contributed by atoms with Crippen LogP contribution in [-0.4, -0.2) is 36.2 Å². The van der Waals surface area contributed by atoms with E-state index in [-0.39, 0.29) is 24.2 Å². The van der Waals surface area contributed by atoms with Crippen LogP contribution < -0.4 is 5.73 Å². The zero-order valence-corrected chi connectivity index (χ0v) is 11.2. The number of carbonyl (C=O) groups is 2. The van der Waals surface area contributed by atoms with Crippen molar-refractivity contribution in [2.75, 3.05) is 13.6 Å². The number of likely N-dealkylation sites (N-methyl/N-ethyl adjacent to an activating group) is 1. The predicted molar refractivity (Wildman–Crippen MR) is 69.1 cm³/mol. The van der Waals surface area contributed by atoms with Gasteiger partial charge in [0.1, 0.15) is 0 Å². The molecule has 0 saturated heterocycles. The first-order valence-corrected chi connectivity index (χ1v) is 6.38. The minimum atomic E-state index is -0.545. The highest BCUT2D eigenvalue weighted by molar-refractivity contribution is 7.12. The Bertz CT molecular complexity index is 387. The zero-order valence-electron chi connectivity index (χ0n) is 10.3. The first-order valence-electron chi connectivity index (χ1n) is 5.50. The molecule has 94 valence electrons. The van der Waals surface area contributed by atoms with Crippen LogP contribution in [0.2, 0.25) is 0 Å². The van der Waals surface area contributed by atoms with E-state index < -0.39 is 6.04 Å². The molecular formula is C12H18N2O2S. The third kappa shape index (κ3) is 3.64. The Kier molecular flexibility index (Phi) is 4.84. The summed E-state index contributed by atoms with van der Waals surface area (Å²) in [5.41, 5.74) is 5.76. The standard InChI is InChI=1S/C12H18N2O2S/c1-8(2)11(13)12(16)14(3)7-9(15)10-5-4-6-17-10/h4-6,8,11H,7,13H2,1-3H3. The second-order valence-electron chi connectivity index (χ2n) is 4.36. The van der Waals surface area contributed by atoms with Crippen molar-refractivity contribution in [3.05, 3.63) is 22.4 Å². The molecule has 1 atom stereocenters. The number of carbonyl (C=O) groups excluding carboxylic acids is 2. The number of hydrogen-bond donors (Lipinski definition) is 1. The maximum Gasteiger partial charge on any atom is 0.239 e. The van der Waals surface area contributed by atoms with E-state index in [0.717, 1.165) is 0 Å². The summed E-state index contributed by atoms with van der Waals surface area (Å²) in [7, 11) is 1.61. The number of Topliss-reactive ketones (excluding diaryl/α,β-unsaturated/α-hetero) is 1. The molecule has 0 radical (unpaired) electrons. The van der Waals surface area contributed by atoms with Gasteiger partial charge in [0.15, 0.2) is 5.78 Å². The molecule has 0 spiro atoms. The molecule has 0 aliphatic rings. The summed E-state index contributed by atoms with van der Waals surface area (Å²) < 4.78 is 0. The van der Waals surface area contributed by atoms with Gasteiger partial charge < -0.3 is 10.6 Å². The van der Waals surface area contributed by atoms with Crippen LogP contribution in [0.5, 0.6) is 0 Å². The van der Waals surface area contributed by atoms with Crippen molar-refractivity contribution in [1.29, 1.82) is 0 Å². The summed E-state index contributed by atoms with van der Waals surface area (Å²) in [6.45, 7) is 3.86. The van der Waals surface area contributed by atoms with Gasteiger partial charge in [-0.05, 0) is 17.4 Å². The molecule has 1 amide bonds. The maximum atomic E-state index is 11.8. The molecule has 1 heterocycles. The van der Waals surface area contributed by atoms with Crippen molar-refractivity contribution in [1.82, 2.24) is 4.90 Å². The zero-order chi connectivity index (χ0) is 13.0. The third-order valence-corrected chi connectivity index (χ3v) is 3.47. The molecule has 17 heavy (non-hydrogen) atoms. The molecule has 0 aliphatic heterocycles. The molecule has 1 unspecified atom stereocenters. The van der Waals surface area contributed by atoms with Crippen molar-refractivity contribution in [3.8, 4) is 0 Å². The lowest BCUT2D eigenvalue weighted by atomic mass is 10.0. The van der Waals surface area contributed by atoms with E-state index in [1.165, 1.54) is 16.2 Å². The van der Waals surface area contributed by atoms with Crippen LogP contribution in [-0.2, 0) is 4.79 Å². The molecule has 1 aromatic rings. The normalized spacial score (nSPS) is 12.5. The lowest BCUT2D eigenvalue weighted by Gasteiger charge is -2.22. The van der Waals surface area contributed by atoms with Crippen LogP contribution in [0.1, 0.15) is 23.5 Å². The van der Waals surface area contributed by atoms with E-state index in [2.05, 4.69) is 0 Å². The van der Waals surface area contributed by atoms with Crippen LogP contribution in [0.3, 0.4) is 0 Å². The molecule has 5 heteroatoms. The van der Waals surface area contributed by atoms with Crippen molar-refractivity contribution in [2.45, 2.75) is 19.9 Å². The number of ketones is 1. The summed E-state index contributed by atoms with van der Waals surface area (Å²) in [5, 5.41) is 1.84. The molecule has 1 aromatic heterocycles. The number of hydrogen-bond acceptors (Lipinski definition) is 4. The van der Waals surface area contributed by atoms with E-state index >= 15 is 0 Å². The molecule has 0 saturated carbocycles. The molecule has 0 bridgehead atoms. The number of rotatable bonds is 5. The van der Waals surface area contributed by atoms with Crippen molar-refractivity contribution in [3.63, 3.8) is 0 Å². The van der Waals surface area contributed by atoms with Crippen LogP contribution >= 0.6 is 11.3 Å². The Morgan fingerprint density at radius 2 is 2.12 bits per heavy atom. The predicted octanol–water partition coefficient (Wildman–Crippen LogP) is 1.37. The van der Waals surface area contributed by atoms with Crippen LogP contribution in [0.15, 0.2) is 17.5 Å². The van der Waals surface area contributed by atoms with E-state index in [9.17, 15) is 9.59 Å². The van der Waals surface area contributed by atoms with Gasteiger partial charge in [-0.15, -0.1) is 11.3 Å². The molecular weight excluding hydrogens is 236 g/mol. The SMILES string of the molecule is CC(C)C(N)C(=O)N(C)CC(=O)c1cccs1. The lowest BCUT2D eigenvalue weighted by molar-refractivity contribution is -0.131. The minimum absolute atomic E-state index is 0.0493. The van der Waals surface area contributed by atoms with Crippen molar-refractivity contribution < 1.29 is 9.59 Å². The van der Waals surface area contributed by atoms with E-state index in [4.69, 9.17) is 5.73 Å². The number of nitrogens with zero attached hydrogens (tertiary/aromatic N) is 1. The largest absolute Gasteiger partial charge is 0.337 e. The van der Waals surface area contributed by atoms with Crippen LogP contribution in [0.4, 0.5) is 0 Å². The van der Waals surface area contributed by atoms with E-state index in [1.807, 2.05) is 25.3 Å². The van der Waals surface area contributed by atoms with Gasteiger partial charge in [-0.3, -0.25) is 9.59 Å². The quantitative estimate of drug-likeness (QED) is 0.807. The fourth-order valence-electron chi connectivity index (χ4n) is 1.35. The average molecular weight is 254 g/mol. The Labute approximate surface area is 105 Å². The van der Waals surface area contributed by atoms with Gasteiger partial charge in [-0.1, -0.05) is 19.9 Å². The Morgan fingerprint density at radius 1 is 1.47 bits per heavy atom. The first kappa shape index (κ1) is 13.9. The Morgan fingerprint density at radius 3 is 2.59 bits per heavy atom. The molecule has 4 nitrogen and oxygen atoms in total. The average Bonchev–Trinajstić information content (AvgIpc) is 2.80. The van der Waals surface area contributed by atoms with Gasteiger partial charge in [0, 0.05) is 7.05 Å². The molecule has 1 rings (SSSR count). The number of thiophene rings is 1. The van der Waals surface area contributed by atoms with Gasteiger partial charge in [-0.25, -0.2) is 0 Å². The molecule has 0 aromatic carbocycles. The Balaban J connectivity index is 2.58. The second kappa shape index (κ2) is 5.93. The monoisotopic (exact) mass is 254 g/mol. The first-order chi connectivity index (χ1) is 7.93. The highest BCUT2D eigenvalue weighted by atomic mass is 32.1. The minimum Gasteiger partial charge on any atom is -0.337 e. The summed E-state index contributed by atoms with van der Waals surface area (Å²) in [4.78, 5) is 25.7. The molecule has 0 fully saturated rings. The topological polar surface area (TPSA) is 63.4 Å². The summed E-state index contributed by atoms with van der Waals surface area (Å²) in [6, 6.07) is 3.03. The number of amides is 1. The summed E-state index contributed by atoms with van der Waals surface area (Å²) in [5.74, 6) is -0.168. The van der Waals surface area contributed by atoms with Gasteiger partial charge in [0.25, 0.3) is 0 Å². The van der Waals surface area contributed by atoms with Crippen molar-refractivity contribution >= 4 is 23.0 Å². The highest BCUT2D eigenvalue weighted by Gasteiger charge is 2.22. The van der Waals surface area contributed by atoms with Gasteiger partial charge in [0.05, 0.1) is 17.5 Å². The fraction of sp³-hybridized carbons (Fsp3) is 0.500. The number of nitrogens with two attached hydrogens (primary N) is 1. The third-order valence-electron chi connectivity index (χ3n) is 2.56. The van der Waals surface area contributed by atoms with E-state index in [1.54, 1.807) is 13.1 Å². The molecule has 2 N–H and O–H groups in total. The van der Waals surface area contributed by atoms with E-state index in [0.29, 0.717) is 4.88 Å². The molecule has 0 aliphatic carbocycles.